The molecule has 0 spiro atoms. The Morgan fingerprint density at radius 2 is 2.15 bits per heavy atom. The quantitative estimate of drug-likeness (QED) is 0.874. The zero-order chi connectivity index (χ0) is 14.3. The van der Waals surface area contributed by atoms with Gasteiger partial charge >= 0.3 is 0 Å². The molecule has 1 amide bonds. The lowest BCUT2D eigenvalue weighted by Crippen LogP contribution is -2.35. The van der Waals surface area contributed by atoms with E-state index in [9.17, 15) is 17.6 Å². The minimum Gasteiger partial charge on any atom is -0.351 e. The molecular weight excluding hydrogens is 283 g/mol. The van der Waals surface area contributed by atoms with Crippen molar-refractivity contribution in [1.29, 1.82) is 0 Å². The topological polar surface area (TPSA) is 79.0 Å². The molecule has 106 valence electrons. The highest BCUT2D eigenvalue weighted by Crippen LogP contribution is 2.17. The SMILES string of the molecule is O=C(N[C@H]1CCS(=O)(=O)C1)c1cc2cc(F)ccc2[nH]1. The molecule has 7 heteroatoms. The molecule has 0 bridgehead atoms. The molecule has 5 nitrogen and oxygen atoms in total. The Morgan fingerprint density at radius 3 is 2.85 bits per heavy atom. The monoisotopic (exact) mass is 296 g/mol. The lowest BCUT2D eigenvalue weighted by atomic mass is 10.2. The fraction of sp³-hybridized carbons (Fsp3) is 0.308. The van der Waals surface area contributed by atoms with Gasteiger partial charge in [0.05, 0.1) is 11.5 Å². The summed E-state index contributed by atoms with van der Waals surface area (Å²) in [5.74, 6) is -0.655. The van der Waals surface area contributed by atoms with Crippen LogP contribution in [0.25, 0.3) is 10.9 Å². The first-order valence-corrected chi connectivity index (χ1v) is 8.05. The highest BCUT2D eigenvalue weighted by Gasteiger charge is 2.29. The van der Waals surface area contributed by atoms with Crippen LogP contribution in [-0.2, 0) is 9.84 Å². The normalized spacial score (nSPS) is 21.1. The first-order valence-electron chi connectivity index (χ1n) is 6.22. The Labute approximate surface area is 115 Å². The molecule has 0 radical (unpaired) electrons. The van der Waals surface area contributed by atoms with Crippen LogP contribution in [0.1, 0.15) is 16.9 Å². The van der Waals surface area contributed by atoms with Crippen molar-refractivity contribution < 1.29 is 17.6 Å². The molecule has 1 fully saturated rings. The van der Waals surface area contributed by atoms with Gasteiger partial charge in [0.2, 0.25) is 0 Å². The molecule has 2 aromatic rings. The first kappa shape index (κ1) is 13.1. The summed E-state index contributed by atoms with van der Waals surface area (Å²) in [6.45, 7) is 0. The van der Waals surface area contributed by atoms with Gasteiger partial charge in [0.1, 0.15) is 11.5 Å². The van der Waals surface area contributed by atoms with Gasteiger partial charge in [-0.1, -0.05) is 0 Å². The van der Waals surface area contributed by atoms with Crippen molar-refractivity contribution in [2.75, 3.05) is 11.5 Å². The number of amides is 1. The molecule has 0 aliphatic carbocycles. The van der Waals surface area contributed by atoms with E-state index in [0.29, 0.717) is 23.0 Å². The lowest BCUT2D eigenvalue weighted by Gasteiger charge is -2.09. The molecule has 1 aromatic carbocycles. The van der Waals surface area contributed by atoms with E-state index in [2.05, 4.69) is 10.3 Å². The van der Waals surface area contributed by atoms with Crippen molar-refractivity contribution in [3.05, 3.63) is 35.8 Å². The fourth-order valence-electron chi connectivity index (χ4n) is 2.40. The largest absolute Gasteiger partial charge is 0.351 e. The molecule has 1 saturated heterocycles. The van der Waals surface area contributed by atoms with Crippen LogP contribution in [0.15, 0.2) is 24.3 Å². The zero-order valence-electron chi connectivity index (χ0n) is 10.5. The van der Waals surface area contributed by atoms with Crippen LogP contribution in [0.2, 0.25) is 0 Å². The van der Waals surface area contributed by atoms with Gasteiger partial charge in [0, 0.05) is 16.9 Å². The molecule has 2 N–H and O–H groups in total. The van der Waals surface area contributed by atoms with Gasteiger partial charge in [-0.25, -0.2) is 12.8 Å². The number of nitrogens with one attached hydrogen (secondary N) is 2. The maximum absolute atomic E-state index is 13.1. The summed E-state index contributed by atoms with van der Waals surface area (Å²) < 4.78 is 35.8. The number of aromatic nitrogens is 1. The van der Waals surface area contributed by atoms with E-state index in [1.165, 1.54) is 12.1 Å². The Bertz CT molecular complexity index is 782. The number of fused-ring (bicyclic) bond motifs is 1. The van der Waals surface area contributed by atoms with Crippen LogP contribution in [-0.4, -0.2) is 36.9 Å². The number of benzene rings is 1. The first-order chi connectivity index (χ1) is 9.43. The van der Waals surface area contributed by atoms with Crippen molar-refractivity contribution in [1.82, 2.24) is 10.3 Å². The van der Waals surface area contributed by atoms with Crippen LogP contribution < -0.4 is 5.32 Å². The van der Waals surface area contributed by atoms with Crippen LogP contribution in [0.4, 0.5) is 4.39 Å². The number of hydrogen-bond acceptors (Lipinski definition) is 3. The second-order valence-electron chi connectivity index (χ2n) is 4.99. The van der Waals surface area contributed by atoms with E-state index in [1.807, 2.05) is 0 Å². The predicted molar refractivity (Wildman–Crippen MR) is 72.8 cm³/mol. The summed E-state index contributed by atoms with van der Waals surface area (Å²) in [7, 11) is -3.03. The van der Waals surface area contributed by atoms with Gasteiger partial charge in [-0.3, -0.25) is 4.79 Å². The Kier molecular flexibility index (Phi) is 3.01. The van der Waals surface area contributed by atoms with Crippen molar-refractivity contribution in [2.24, 2.45) is 0 Å². The highest BCUT2D eigenvalue weighted by molar-refractivity contribution is 7.91. The van der Waals surface area contributed by atoms with Crippen LogP contribution in [0.3, 0.4) is 0 Å². The summed E-state index contributed by atoms with van der Waals surface area (Å²) in [4.78, 5) is 14.9. The molecule has 2 heterocycles. The summed E-state index contributed by atoms with van der Waals surface area (Å²) in [6, 6.07) is 5.40. The second kappa shape index (κ2) is 4.59. The van der Waals surface area contributed by atoms with E-state index >= 15 is 0 Å². The average molecular weight is 296 g/mol. The molecule has 1 atom stereocenters. The Morgan fingerprint density at radius 1 is 1.35 bits per heavy atom. The number of H-pyrrole nitrogens is 1. The van der Waals surface area contributed by atoms with Gasteiger partial charge in [-0.15, -0.1) is 0 Å². The number of halogens is 1. The van der Waals surface area contributed by atoms with E-state index in [4.69, 9.17) is 0 Å². The minimum atomic E-state index is -3.03. The summed E-state index contributed by atoms with van der Waals surface area (Å²) in [6.07, 6.45) is 0.433. The van der Waals surface area contributed by atoms with Crippen LogP contribution >= 0.6 is 0 Å². The molecule has 1 aliphatic heterocycles. The van der Waals surface area contributed by atoms with Crippen LogP contribution in [0, 0.1) is 5.82 Å². The van der Waals surface area contributed by atoms with E-state index in [0.717, 1.165) is 0 Å². The smallest absolute Gasteiger partial charge is 0.267 e. The number of sulfone groups is 1. The van der Waals surface area contributed by atoms with E-state index < -0.39 is 9.84 Å². The number of hydrogen-bond donors (Lipinski definition) is 2. The third-order valence-corrected chi connectivity index (χ3v) is 5.16. The third kappa shape index (κ3) is 2.53. The van der Waals surface area contributed by atoms with Crippen molar-refractivity contribution >= 4 is 26.6 Å². The number of aromatic amines is 1. The fourth-order valence-corrected chi connectivity index (χ4v) is 4.07. The van der Waals surface area contributed by atoms with Crippen molar-refractivity contribution in [2.45, 2.75) is 12.5 Å². The highest BCUT2D eigenvalue weighted by atomic mass is 32.2. The molecule has 20 heavy (non-hydrogen) atoms. The Balaban J connectivity index is 1.79. The van der Waals surface area contributed by atoms with Crippen molar-refractivity contribution in [3.63, 3.8) is 0 Å². The van der Waals surface area contributed by atoms with Gasteiger partial charge in [-0.2, -0.15) is 0 Å². The third-order valence-electron chi connectivity index (χ3n) is 3.40. The van der Waals surface area contributed by atoms with Crippen LogP contribution in [0.5, 0.6) is 0 Å². The van der Waals surface area contributed by atoms with E-state index in [-0.39, 0.29) is 29.3 Å². The molecule has 0 saturated carbocycles. The standard InChI is InChI=1S/C13H13FN2O3S/c14-9-1-2-11-8(5-9)6-12(16-11)13(17)15-10-3-4-20(18,19)7-10/h1-2,5-6,10,16H,3-4,7H2,(H,15,17)/t10-/m0/s1. The van der Waals surface area contributed by atoms with Gasteiger partial charge in [0.15, 0.2) is 9.84 Å². The Hall–Kier alpha value is -1.89. The van der Waals surface area contributed by atoms with Gasteiger partial charge < -0.3 is 10.3 Å². The van der Waals surface area contributed by atoms with E-state index in [1.54, 1.807) is 12.1 Å². The minimum absolute atomic E-state index is 0.0202. The second-order valence-corrected chi connectivity index (χ2v) is 7.22. The zero-order valence-corrected chi connectivity index (χ0v) is 11.3. The van der Waals surface area contributed by atoms with Gasteiger partial charge in [-0.05, 0) is 30.7 Å². The van der Waals surface area contributed by atoms with Gasteiger partial charge in [0.25, 0.3) is 5.91 Å². The molecule has 1 aromatic heterocycles. The maximum atomic E-state index is 13.1. The number of rotatable bonds is 2. The summed E-state index contributed by atoms with van der Waals surface area (Å²) >= 11 is 0. The predicted octanol–water partition coefficient (Wildman–Crippen LogP) is 1.22. The number of carbonyl (C=O) groups is 1. The molecular formula is C13H13FN2O3S. The molecule has 0 unspecified atom stereocenters. The average Bonchev–Trinajstić information content (AvgIpc) is 2.92. The summed E-state index contributed by atoms with van der Waals surface area (Å²) in [5, 5.41) is 3.29. The van der Waals surface area contributed by atoms with Crippen molar-refractivity contribution in [3.8, 4) is 0 Å². The molecule has 3 rings (SSSR count). The lowest BCUT2D eigenvalue weighted by molar-refractivity contribution is 0.0937. The maximum Gasteiger partial charge on any atom is 0.267 e. The molecule has 1 aliphatic rings. The number of carbonyl (C=O) groups excluding carboxylic acids is 1. The summed E-state index contributed by atoms with van der Waals surface area (Å²) in [5.41, 5.74) is 0.963.